The molecule has 1 aromatic heterocycles. The molecule has 0 bridgehead atoms. The van der Waals surface area contributed by atoms with Crippen molar-refractivity contribution in [2.24, 2.45) is 0 Å². The topological polar surface area (TPSA) is 36.4 Å². The van der Waals surface area contributed by atoms with Gasteiger partial charge in [0, 0.05) is 24.4 Å². The van der Waals surface area contributed by atoms with Crippen molar-refractivity contribution in [2.75, 3.05) is 18.0 Å². The Morgan fingerprint density at radius 2 is 2.05 bits per heavy atom. The lowest BCUT2D eigenvalue weighted by Crippen LogP contribution is -2.32. The predicted molar refractivity (Wildman–Crippen MR) is 75.2 cm³/mol. The molecule has 116 valence electrons. The third-order valence-electron chi connectivity index (χ3n) is 3.56. The van der Waals surface area contributed by atoms with E-state index in [-0.39, 0.29) is 32.0 Å². The molecule has 1 N–H and O–H groups in total. The third kappa shape index (κ3) is 3.75. The number of aromatic nitrogens is 1. The lowest BCUT2D eigenvalue weighted by atomic mass is 10.1. The van der Waals surface area contributed by atoms with Crippen LogP contribution in [0.25, 0.3) is 0 Å². The smallest absolute Gasteiger partial charge is 0.392 e. The van der Waals surface area contributed by atoms with Gasteiger partial charge in [-0.2, -0.15) is 13.2 Å². The summed E-state index contributed by atoms with van der Waals surface area (Å²) in [4.78, 5) is 6.30. The summed E-state index contributed by atoms with van der Waals surface area (Å²) < 4.78 is 37.9. The van der Waals surface area contributed by atoms with Crippen LogP contribution in [0, 0.1) is 0 Å². The fourth-order valence-corrected chi connectivity index (χ4v) is 2.28. The first-order chi connectivity index (χ1) is 9.81. The highest BCUT2D eigenvalue weighted by atomic mass is 19.4. The van der Waals surface area contributed by atoms with Gasteiger partial charge < -0.3 is 10.0 Å². The predicted octanol–water partition coefficient (Wildman–Crippen LogP) is 3.40. The Kier molecular flexibility index (Phi) is 4.56. The van der Waals surface area contributed by atoms with Gasteiger partial charge in [-0.25, -0.2) is 4.98 Å². The summed E-state index contributed by atoms with van der Waals surface area (Å²) in [5, 5.41) is 9.31. The quantitative estimate of drug-likeness (QED) is 0.869. The zero-order valence-corrected chi connectivity index (χ0v) is 12.1. The van der Waals surface area contributed by atoms with Crippen molar-refractivity contribution >= 4 is 5.82 Å². The maximum Gasteiger partial charge on any atom is 0.412 e. The van der Waals surface area contributed by atoms with Crippen LogP contribution in [-0.4, -0.2) is 29.4 Å². The minimum Gasteiger partial charge on any atom is -0.392 e. The Morgan fingerprint density at radius 1 is 1.33 bits per heavy atom. The number of rotatable bonds is 3. The van der Waals surface area contributed by atoms with Crippen LogP contribution in [-0.2, 0) is 6.61 Å². The van der Waals surface area contributed by atoms with Crippen molar-refractivity contribution < 1.29 is 18.3 Å². The number of hydrogen-bond donors (Lipinski definition) is 1. The first-order valence-corrected chi connectivity index (χ1v) is 6.94. The van der Waals surface area contributed by atoms with Gasteiger partial charge in [-0.15, -0.1) is 0 Å². The molecule has 0 aromatic carbocycles. The number of halogens is 3. The molecule has 21 heavy (non-hydrogen) atoms. The lowest BCUT2D eigenvalue weighted by molar-refractivity contribution is -0.0944. The minimum atomic E-state index is -4.24. The summed E-state index contributed by atoms with van der Waals surface area (Å²) in [6.45, 7) is 4.35. The van der Waals surface area contributed by atoms with Gasteiger partial charge in [-0.3, -0.25) is 0 Å². The van der Waals surface area contributed by atoms with Crippen LogP contribution in [0.1, 0.15) is 37.4 Å². The van der Waals surface area contributed by atoms with Crippen molar-refractivity contribution in [3.8, 4) is 0 Å². The second kappa shape index (κ2) is 6.05. The van der Waals surface area contributed by atoms with E-state index in [4.69, 9.17) is 0 Å². The molecule has 0 saturated heterocycles. The van der Waals surface area contributed by atoms with Crippen LogP contribution >= 0.6 is 0 Å². The molecule has 1 aromatic rings. The average Bonchev–Trinajstić information content (AvgIpc) is 2.46. The zero-order chi connectivity index (χ0) is 15.6. The summed E-state index contributed by atoms with van der Waals surface area (Å²) in [7, 11) is 0. The van der Waals surface area contributed by atoms with Gasteiger partial charge in [-0.1, -0.05) is 19.9 Å². The molecule has 6 heteroatoms. The zero-order valence-electron chi connectivity index (χ0n) is 12.1. The van der Waals surface area contributed by atoms with Gasteiger partial charge in [0.1, 0.15) is 5.82 Å². The summed E-state index contributed by atoms with van der Waals surface area (Å²) in [6, 6.07) is 3.56. The van der Waals surface area contributed by atoms with Gasteiger partial charge >= 0.3 is 6.18 Å². The molecule has 0 aliphatic carbocycles. The van der Waals surface area contributed by atoms with E-state index < -0.39 is 11.7 Å². The molecule has 3 nitrogen and oxygen atoms in total. The monoisotopic (exact) mass is 300 g/mol. The highest BCUT2D eigenvalue weighted by molar-refractivity contribution is 5.45. The van der Waals surface area contributed by atoms with E-state index in [2.05, 4.69) is 4.98 Å². The van der Waals surface area contributed by atoms with Crippen molar-refractivity contribution in [1.29, 1.82) is 0 Å². The van der Waals surface area contributed by atoms with Gasteiger partial charge in [0.15, 0.2) is 0 Å². The molecule has 0 spiro atoms. The summed E-state index contributed by atoms with van der Waals surface area (Å²) >= 11 is 0. The maximum absolute atomic E-state index is 12.6. The van der Waals surface area contributed by atoms with Crippen LogP contribution in [0.15, 0.2) is 23.8 Å². The van der Waals surface area contributed by atoms with Crippen LogP contribution in [0.5, 0.6) is 0 Å². The van der Waals surface area contributed by atoms with Gasteiger partial charge in [0.05, 0.1) is 6.61 Å². The van der Waals surface area contributed by atoms with E-state index in [0.717, 1.165) is 11.3 Å². The van der Waals surface area contributed by atoms with Crippen LogP contribution < -0.4 is 4.90 Å². The fourth-order valence-electron chi connectivity index (χ4n) is 2.28. The molecule has 1 aliphatic heterocycles. The fraction of sp³-hybridized carbons (Fsp3) is 0.533. The van der Waals surface area contributed by atoms with E-state index >= 15 is 0 Å². The van der Waals surface area contributed by atoms with Gasteiger partial charge in [-0.05, 0) is 30.0 Å². The van der Waals surface area contributed by atoms with Crippen molar-refractivity contribution in [3.63, 3.8) is 0 Å². The molecule has 0 radical (unpaired) electrons. The maximum atomic E-state index is 12.6. The van der Waals surface area contributed by atoms with Gasteiger partial charge in [0.2, 0.25) is 0 Å². The third-order valence-corrected chi connectivity index (χ3v) is 3.56. The minimum absolute atomic E-state index is 0.0362. The molecule has 0 atom stereocenters. The number of aliphatic hydroxyl groups excluding tert-OH is 1. The van der Waals surface area contributed by atoms with E-state index in [9.17, 15) is 18.3 Å². The molecule has 1 aliphatic rings. The van der Waals surface area contributed by atoms with E-state index in [0.29, 0.717) is 5.82 Å². The van der Waals surface area contributed by atoms with Crippen molar-refractivity contribution in [3.05, 3.63) is 35.0 Å². The Hall–Kier alpha value is -1.56. The molecule has 0 amide bonds. The van der Waals surface area contributed by atoms with Crippen LogP contribution in [0.2, 0.25) is 0 Å². The molecule has 2 heterocycles. The SMILES string of the molecule is CC(C)c1cc(CO)cc(N2CC=C(C(F)(F)F)CC2)n1. The van der Waals surface area contributed by atoms with Gasteiger partial charge in [0.25, 0.3) is 0 Å². The Morgan fingerprint density at radius 3 is 2.52 bits per heavy atom. The van der Waals surface area contributed by atoms with E-state index in [1.165, 1.54) is 6.08 Å². The first kappa shape index (κ1) is 15.8. The Labute approximate surface area is 122 Å². The Balaban J connectivity index is 2.24. The van der Waals surface area contributed by atoms with Crippen molar-refractivity contribution in [1.82, 2.24) is 4.98 Å². The second-order valence-electron chi connectivity index (χ2n) is 5.49. The van der Waals surface area contributed by atoms with E-state index in [1.54, 1.807) is 11.0 Å². The number of aliphatic hydroxyl groups is 1. The average molecular weight is 300 g/mol. The molecule has 0 saturated carbocycles. The van der Waals surface area contributed by atoms with Crippen LogP contribution in [0.4, 0.5) is 19.0 Å². The standard InChI is InChI=1S/C15H19F3N2O/c1-10(2)13-7-11(9-21)8-14(19-13)20-5-3-12(4-6-20)15(16,17)18/h3,7-8,10,21H,4-6,9H2,1-2H3. The number of pyridine rings is 1. The van der Waals surface area contributed by atoms with Crippen LogP contribution in [0.3, 0.4) is 0 Å². The first-order valence-electron chi connectivity index (χ1n) is 6.94. The normalized spacial score (nSPS) is 16.3. The summed E-state index contributed by atoms with van der Waals surface area (Å²) in [5.41, 5.74) is 1.09. The molecular weight excluding hydrogens is 281 g/mol. The summed E-state index contributed by atoms with van der Waals surface area (Å²) in [5.74, 6) is 0.823. The number of nitrogens with zero attached hydrogens (tertiary/aromatic N) is 2. The largest absolute Gasteiger partial charge is 0.412 e. The molecule has 0 unspecified atom stereocenters. The molecular formula is C15H19F3N2O. The molecule has 2 rings (SSSR count). The lowest BCUT2D eigenvalue weighted by Gasteiger charge is -2.29. The Bertz CT molecular complexity index is 538. The highest BCUT2D eigenvalue weighted by Gasteiger charge is 2.35. The molecule has 0 fully saturated rings. The van der Waals surface area contributed by atoms with Crippen molar-refractivity contribution in [2.45, 2.75) is 39.0 Å². The second-order valence-corrected chi connectivity index (χ2v) is 5.49. The highest BCUT2D eigenvalue weighted by Crippen LogP contribution is 2.31. The number of anilines is 1. The van der Waals surface area contributed by atoms with E-state index in [1.807, 2.05) is 19.9 Å². The number of hydrogen-bond acceptors (Lipinski definition) is 3. The number of alkyl halides is 3. The summed E-state index contributed by atoms with van der Waals surface area (Å²) in [6.07, 6.45) is -3.06.